The number of rotatable bonds is 2. The van der Waals surface area contributed by atoms with E-state index in [9.17, 15) is 0 Å². The van der Waals surface area contributed by atoms with E-state index in [4.69, 9.17) is 4.74 Å². The minimum atomic E-state index is -4.18. The molecule has 0 spiro atoms. The zero-order valence-corrected chi connectivity index (χ0v) is 23.2. The van der Waals surface area contributed by atoms with Crippen molar-refractivity contribution in [1.82, 2.24) is 4.48 Å². The minimum Gasteiger partial charge on any atom is -0.497 e. The van der Waals surface area contributed by atoms with Crippen LogP contribution in [-0.4, -0.2) is 27.7 Å². The molecule has 1 aromatic heterocycles. The molecule has 2 aliphatic heterocycles. The van der Waals surface area contributed by atoms with Gasteiger partial charge in [-0.2, -0.15) is 0 Å². The van der Waals surface area contributed by atoms with Crippen molar-refractivity contribution >= 4 is 113 Å². The fourth-order valence-electron chi connectivity index (χ4n) is 3.31. The highest BCUT2D eigenvalue weighted by Gasteiger charge is 2.58. The predicted octanol–water partition coefficient (Wildman–Crippen LogP) is 7.60. The quantitative estimate of drug-likeness (QED) is 0.288. The Hall–Kier alpha value is 0.255. The molecular weight excluding hydrogens is 764 g/mol. The van der Waals surface area contributed by atoms with Crippen molar-refractivity contribution in [3.8, 4) is 5.75 Å². The first-order chi connectivity index (χ1) is 13.1. The molecule has 0 amide bonds. The summed E-state index contributed by atoms with van der Waals surface area (Å²) in [4.78, 5) is 0. The number of aromatic nitrogens is 1. The van der Waals surface area contributed by atoms with Gasteiger partial charge in [0.2, 0.25) is 4.62 Å². The molecule has 0 aliphatic carbocycles. The van der Waals surface area contributed by atoms with E-state index >= 15 is 8.63 Å². The topological polar surface area (TPSA) is 17.2 Å². The van der Waals surface area contributed by atoms with Crippen molar-refractivity contribution in [2.75, 3.05) is 7.11 Å². The summed E-state index contributed by atoms with van der Waals surface area (Å²) in [7, 11) is 1.58. The molecule has 4 rings (SSSR count). The van der Waals surface area contributed by atoms with Gasteiger partial charge < -0.3 is 22.3 Å². The maximum absolute atomic E-state index is 15.7. The second-order valence-corrected chi connectivity index (χ2v) is 10.6. The molecule has 0 fully saturated rings. The molecule has 1 aromatic carbocycles. The number of ether oxygens (including phenoxy) is 1. The summed E-state index contributed by atoms with van der Waals surface area (Å²) in [6.07, 6.45) is 0. The van der Waals surface area contributed by atoms with Crippen LogP contribution in [0.25, 0.3) is 5.57 Å². The highest BCUT2D eigenvalue weighted by atomic mass is 79.9. The van der Waals surface area contributed by atoms with Gasteiger partial charge in [0, 0.05) is 21.6 Å². The molecule has 3 nitrogen and oxygen atoms in total. The molecule has 2 aromatic rings. The SMILES string of the molecule is COc1ccc(C2=C3C(Br)=C(Br)C(Br)=[N+]3[B-](F)(F)n3c(Br)c(Br)c(Br)c32)cc1. The molecule has 0 bridgehead atoms. The Morgan fingerprint density at radius 1 is 0.929 bits per heavy atom. The Balaban J connectivity index is 2.18. The van der Waals surface area contributed by atoms with Crippen molar-refractivity contribution < 1.29 is 17.9 Å². The van der Waals surface area contributed by atoms with E-state index in [2.05, 4.69) is 95.6 Å². The lowest BCUT2D eigenvalue weighted by Crippen LogP contribution is -2.50. The average molecular weight is 771 g/mol. The summed E-state index contributed by atoms with van der Waals surface area (Å²) in [6.45, 7) is -4.18. The van der Waals surface area contributed by atoms with Gasteiger partial charge >= 0.3 is 6.97 Å². The maximum atomic E-state index is 15.7. The van der Waals surface area contributed by atoms with Crippen LogP contribution in [0.3, 0.4) is 0 Å². The number of halogens is 8. The molecule has 12 heteroatoms. The summed E-state index contributed by atoms with van der Waals surface area (Å²) in [5, 5.41) is 0. The summed E-state index contributed by atoms with van der Waals surface area (Å²) in [6, 6.07) is 7.30. The number of nitrogens with zero attached hydrogens (tertiary/aromatic N) is 2. The normalized spacial score (nSPS) is 18.0. The lowest BCUT2D eigenvalue weighted by Gasteiger charge is -2.32. The average Bonchev–Trinajstić information content (AvgIpc) is 3.04. The van der Waals surface area contributed by atoms with Crippen LogP contribution in [0, 0.1) is 0 Å². The van der Waals surface area contributed by atoms with Crippen molar-refractivity contribution in [2.45, 2.75) is 0 Å². The fraction of sp³-hybridized carbons (Fsp3) is 0.0625. The Morgan fingerprint density at radius 2 is 1.54 bits per heavy atom. The third kappa shape index (κ3) is 2.88. The molecule has 0 unspecified atom stereocenters. The van der Waals surface area contributed by atoms with Gasteiger partial charge in [-0.05, 0) is 97.3 Å². The van der Waals surface area contributed by atoms with Gasteiger partial charge in [0.1, 0.15) is 14.7 Å². The molecule has 0 saturated heterocycles. The molecule has 2 aliphatic rings. The van der Waals surface area contributed by atoms with Crippen LogP contribution in [0.1, 0.15) is 11.3 Å². The van der Waals surface area contributed by atoms with Crippen molar-refractivity contribution in [3.63, 3.8) is 0 Å². The van der Waals surface area contributed by atoms with Crippen LogP contribution in [0.2, 0.25) is 0 Å². The van der Waals surface area contributed by atoms with Crippen LogP contribution < -0.4 is 4.74 Å². The largest absolute Gasteiger partial charge is 0.738 e. The van der Waals surface area contributed by atoms with E-state index in [-0.39, 0.29) is 9.22 Å². The zero-order valence-electron chi connectivity index (χ0n) is 13.7. The third-order valence-electron chi connectivity index (χ3n) is 4.54. The lowest BCUT2D eigenvalue weighted by atomic mass is 9.86. The first-order valence-corrected chi connectivity index (χ1v) is 12.4. The molecule has 146 valence electrons. The summed E-state index contributed by atoms with van der Waals surface area (Å²) >= 11 is 20.4. The Kier molecular flexibility index (Phi) is 5.71. The van der Waals surface area contributed by atoms with Gasteiger partial charge in [-0.1, -0.05) is 12.1 Å². The highest BCUT2D eigenvalue weighted by Crippen LogP contribution is 2.52. The van der Waals surface area contributed by atoms with E-state index in [1.807, 2.05) is 12.1 Å². The maximum Gasteiger partial charge on any atom is 0.738 e. The number of hydrogen-bond donors (Lipinski definition) is 0. The highest BCUT2D eigenvalue weighted by molar-refractivity contribution is 9.21. The Bertz CT molecular complexity index is 1140. The Morgan fingerprint density at radius 3 is 2.11 bits per heavy atom. The summed E-state index contributed by atoms with van der Waals surface area (Å²) in [5.74, 6) is 0.684. The van der Waals surface area contributed by atoms with Crippen molar-refractivity contribution in [2.24, 2.45) is 0 Å². The molecule has 0 saturated carbocycles. The smallest absolute Gasteiger partial charge is 0.497 e. The molecular formula is C16H7BBr6F2N2O. The monoisotopic (exact) mass is 766 g/mol. The van der Waals surface area contributed by atoms with E-state index < -0.39 is 6.97 Å². The number of hydrogen-bond acceptors (Lipinski definition) is 1. The Labute approximate surface area is 209 Å². The first-order valence-electron chi connectivity index (χ1n) is 7.66. The molecule has 28 heavy (non-hydrogen) atoms. The van der Waals surface area contributed by atoms with Crippen molar-refractivity contribution in [3.05, 3.63) is 63.7 Å². The van der Waals surface area contributed by atoms with Crippen LogP contribution in [0.15, 0.2) is 52.5 Å². The van der Waals surface area contributed by atoms with Gasteiger partial charge in [0.25, 0.3) is 0 Å². The molecule has 3 heterocycles. The van der Waals surface area contributed by atoms with Crippen LogP contribution in [0.4, 0.5) is 8.63 Å². The third-order valence-corrected chi connectivity index (χ3v) is 11.3. The van der Waals surface area contributed by atoms with Crippen molar-refractivity contribution in [1.29, 1.82) is 0 Å². The van der Waals surface area contributed by atoms with Gasteiger partial charge in [0.15, 0.2) is 5.70 Å². The van der Waals surface area contributed by atoms with Gasteiger partial charge in [-0.15, -0.1) is 0 Å². The second kappa shape index (κ2) is 7.44. The zero-order chi connectivity index (χ0) is 20.5. The van der Waals surface area contributed by atoms with E-state index in [1.54, 1.807) is 19.2 Å². The molecule has 0 atom stereocenters. The first kappa shape index (κ1) is 21.5. The van der Waals surface area contributed by atoms with Crippen LogP contribution in [-0.2, 0) is 0 Å². The van der Waals surface area contributed by atoms with Gasteiger partial charge in [-0.25, -0.2) is 0 Å². The number of benzene rings is 1. The standard InChI is InChI=1S/C16H7BBr6F2N2O/c1-28-7-4-2-6(3-5-7)8-13-9(18)11(20)15(22)26(13)17(24,25)27-14(8)10(19)12(21)16(27)23/h2-5H,1H3. The number of allylic oxidation sites excluding steroid dienone is 2. The van der Waals surface area contributed by atoms with E-state index in [0.717, 1.165) is 14.5 Å². The molecule has 0 N–H and O–H groups in total. The molecule has 0 radical (unpaired) electrons. The van der Waals surface area contributed by atoms with E-state index in [1.165, 1.54) is 0 Å². The van der Waals surface area contributed by atoms with Crippen LogP contribution >= 0.6 is 95.6 Å². The predicted molar refractivity (Wildman–Crippen MR) is 129 cm³/mol. The fourth-order valence-corrected chi connectivity index (χ4v) is 7.00. The second-order valence-electron chi connectivity index (χ2n) is 5.97. The minimum absolute atomic E-state index is 0.254. The van der Waals surface area contributed by atoms with Gasteiger partial charge in [-0.3, -0.25) is 0 Å². The van der Waals surface area contributed by atoms with Crippen LogP contribution in [0.5, 0.6) is 5.75 Å². The van der Waals surface area contributed by atoms with E-state index in [0.29, 0.717) is 40.6 Å². The summed E-state index contributed by atoms with van der Waals surface area (Å²) < 4.78 is 41.3. The lowest BCUT2D eigenvalue weighted by molar-refractivity contribution is -0.358. The number of fused-ring (bicyclic) bond motifs is 2. The summed E-state index contributed by atoms with van der Waals surface area (Å²) in [5.41, 5.74) is 2.16. The van der Waals surface area contributed by atoms with Gasteiger partial charge in [0.05, 0.1) is 26.2 Å². The number of methoxy groups -OCH3 is 1.